The standard InChI is InChI=1S/C12H23NS/c1-4-6-13-12(8-10(2)3)11-5-7-14-9-11/h8,11-13H,4-7,9H2,1-3H3. The van der Waals surface area contributed by atoms with Crippen LogP contribution in [0.3, 0.4) is 0 Å². The number of rotatable bonds is 5. The van der Waals surface area contributed by atoms with E-state index in [4.69, 9.17) is 0 Å². The van der Waals surface area contributed by atoms with E-state index in [0.29, 0.717) is 6.04 Å². The van der Waals surface area contributed by atoms with E-state index in [9.17, 15) is 0 Å². The Kier molecular flexibility index (Phi) is 5.64. The molecule has 0 aromatic rings. The summed E-state index contributed by atoms with van der Waals surface area (Å²) in [5, 5.41) is 3.65. The van der Waals surface area contributed by atoms with Crippen molar-refractivity contribution in [2.45, 2.75) is 39.7 Å². The predicted molar refractivity (Wildman–Crippen MR) is 66.9 cm³/mol. The van der Waals surface area contributed by atoms with Crippen LogP contribution < -0.4 is 5.32 Å². The molecule has 2 unspecified atom stereocenters. The zero-order valence-corrected chi connectivity index (χ0v) is 10.5. The summed E-state index contributed by atoms with van der Waals surface area (Å²) in [7, 11) is 0. The first kappa shape index (κ1) is 12.1. The van der Waals surface area contributed by atoms with Gasteiger partial charge in [0.15, 0.2) is 0 Å². The van der Waals surface area contributed by atoms with Gasteiger partial charge in [-0.15, -0.1) is 0 Å². The molecule has 0 spiro atoms. The first-order chi connectivity index (χ1) is 6.74. The molecule has 2 heteroatoms. The molecule has 1 rings (SSSR count). The second-order valence-electron chi connectivity index (χ2n) is 4.35. The van der Waals surface area contributed by atoms with Crippen molar-refractivity contribution in [2.24, 2.45) is 5.92 Å². The number of thioether (sulfide) groups is 1. The molecule has 0 bridgehead atoms. The fourth-order valence-electron chi connectivity index (χ4n) is 1.87. The molecule has 1 fully saturated rings. The fourth-order valence-corrected chi connectivity index (χ4v) is 3.18. The van der Waals surface area contributed by atoms with Gasteiger partial charge < -0.3 is 5.32 Å². The molecule has 1 N–H and O–H groups in total. The average molecular weight is 213 g/mol. The van der Waals surface area contributed by atoms with Gasteiger partial charge in [0.05, 0.1) is 0 Å². The van der Waals surface area contributed by atoms with Gasteiger partial charge in [-0.05, 0) is 50.7 Å². The Morgan fingerprint density at radius 1 is 1.57 bits per heavy atom. The van der Waals surface area contributed by atoms with Crippen molar-refractivity contribution in [2.75, 3.05) is 18.1 Å². The van der Waals surface area contributed by atoms with Gasteiger partial charge >= 0.3 is 0 Å². The summed E-state index contributed by atoms with van der Waals surface area (Å²) >= 11 is 2.10. The van der Waals surface area contributed by atoms with E-state index >= 15 is 0 Å². The minimum Gasteiger partial charge on any atom is -0.310 e. The van der Waals surface area contributed by atoms with E-state index in [1.54, 1.807) is 0 Å². The Labute approximate surface area is 92.7 Å². The summed E-state index contributed by atoms with van der Waals surface area (Å²) in [6, 6.07) is 0.620. The quantitative estimate of drug-likeness (QED) is 0.704. The second kappa shape index (κ2) is 6.52. The third-order valence-corrected chi connectivity index (χ3v) is 3.80. The van der Waals surface area contributed by atoms with Crippen molar-refractivity contribution in [1.82, 2.24) is 5.32 Å². The molecule has 1 saturated heterocycles. The normalized spacial score (nSPS) is 23.5. The summed E-state index contributed by atoms with van der Waals surface area (Å²) in [5.74, 6) is 3.55. The highest BCUT2D eigenvalue weighted by molar-refractivity contribution is 7.99. The van der Waals surface area contributed by atoms with E-state index in [0.717, 1.165) is 12.5 Å². The lowest BCUT2D eigenvalue weighted by atomic mass is 9.97. The Bertz CT molecular complexity index is 179. The van der Waals surface area contributed by atoms with Gasteiger partial charge in [-0.2, -0.15) is 11.8 Å². The molecule has 0 radical (unpaired) electrons. The van der Waals surface area contributed by atoms with Crippen LogP contribution in [0.5, 0.6) is 0 Å². The molecule has 1 heterocycles. The smallest absolute Gasteiger partial charge is 0.0288 e. The van der Waals surface area contributed by atoms with Gasteiger partial charge in [-0.1, -0.05) is 18.6 Å². The fraction of sp³-hybridized carbons (Fsp3) is 0.833. The molecule has 14 heavy (non-hydrogen) atoms. The van der Waals surface area contributed by atoms with Crippen molar-refractivity contribution >= 4 is 11.8 Å². The minimum atomic E-state index is 0.620. The van der Waals surface area contributed by atoms with Gasteiger partial charge in [-0.25, -0.2) is 0 Å². The summed E-state index contributed by atoms with van der Waals surface area (Å²) in [6.45, 7) is 7.77. The molecule has 0 aromatic heterocycles. The monoisotopic (exact) mass is 213 g/mol. The van der Waals surface area contributed by atoms with E-state index in [2.05, 4.69) is 43.9 Å². The van der Waals surface area contributed by atoms with Gasteiger partial charge in [0.1, 0.15) is 0 Å². The molecule has 1 aliphatic rings. The molecular weight excluding hydrogens is 190 g/mol. The second-order valence-corrected chi connectivity index (χ2v) is 5.50. The lowest BCUT2D eigenvalue weighted by Crippen LogP contribution is -2.35. The number of nitrogens with one attached hydrogen (secondary N) is 1. The summed E-state index contributed by atoms with van der Waals surface area (Å²) in [6.07, 6.45) is 5.02. The molecule has 0 aliphatic carbocycles. The maximum absolute atomic E-state index is 3.65. The van der Waals surface area contributed by atoms with Crippen LogP contribution in [0, 0.1) is 5.92 Å². The summed E-state index contributed by atoms with van der Waals surface area (Å²) in [5.41, 5.74) is 1.44. The first-order valence-corrected chi connectivity index (χ1v) is 6.85. The molecule has 0 saturated carbocycles. The van der Waals surface area contributed by atoms with E-state index in [1.807, 2.05) is 0 Å². The van der Waals surface area contributed by atoms with Crippen LogP contribution in [0.2, 0.25) is 0 Å². The van der Waals surface area contributed by atoms with E-state index in [1.165, 1.54) is 29.9 Å². The lowest BCUT2D eigenvalue weighted by molar-refractivity contribution is 0.441. The highest BCUT2D eigenvalue weighted by Crippen LogP contribution is 2.27. The predicted octanol–water partition coefficient (Wildman–Crippen LogP) is 3.07. The zero-order chi connectivity index (χ0) is 10.4. The van der Waals surface area contributed by atoms with Crippen molar-refractivity contribution < 1.29 is 0 Å². The summed E-state index contributed by atoms with van der Waals surface area (Å²) in [4.78, 5) is 0. The minimum absolute atomic E-state index is 0.620. The van der Waals surface area contributed by atoms with Crippen LogP contribution in [0.1, 0.15) is 33.6 Å². The zero-order valence-electron chi connectivity index (χ0n) is 9.68. The largest absolute Gasteiger partial charge is 0.310 e. The molecule has 0 aromatic carbocycles. The number of hydrogen-bond donors (Lipinski definition) is 1. The number of hydrogen-bond acceptors (Lipinski definition) is 2. The van der Waals surface area contributed by atoms with Crippen LogP contribution in [-0.4, -0.2) is 24.1 Å². The van der Waals surface area contributed by atoms with E-state index < -0.39 is 0 Å². The van der Waals surface area contributed by atoms with Crippen LogP contribution in [0.25, 0.3) is 0 Å². The van der Waals surface area contributed by atoms with Crippen molar-refractivity contribution in [3.05, 3.63) is 11.6 Å². The maximum Gasteiger partial charge on any atom is 0.0288 e. The summed E-state index contributed by atoms with van der Waals surface area (Å²) < 4.78 is 0. The van der Waals surface area contributed by atoms with Crippen molar-refractivity contribution in [3.63, 3.8) is 0 Å². The average Bonchev–Trinajstić information content (AvgIpc) is 2.64. The van der Waals surface area contributed by atoms with Crippen LogP contribution >= 0.6 is 11.8 Å². The van der Waals surface area contributed by atoms with Crippen LogP contribution in [-0.2, 0) is 0 Å². The Morgan fingerprint density at radius 2 is 2.36 bits per heavy atom. The Hall–Kier alpha value is 0.0500. The molecule has 1 nitrogen and oxygen atoms in total. The third kappa shape index (κ3) is 4.05. The van der Waals surface area contributed by atoms with Gasteiger partial charge in [0, 0.05) is 6.04 Å². The third-order valence-electron chi connectivity index (χ3n) is 2.62. The van der Waals surface area contributed by atoms with Crippen LogP contribution in [0.4, 0.5) is 0 Å². The Morgan fingerprint density at radius 3 is 2.86 bits per heavy atom. The van der Waals surface area contributed by atoms with Crippen LogP contribution in [0.15, 0.2) is 11.6 Å². The molecule has 1 aliphatic heterocycles. The maximum atomic E-state index is 3.65. The lowest BCUT2D eigenvalue weighted by Gasteiger charge is -2.21. The molecular formula is C12H23NS. The van der Waals surface area contributed by atoms with Gasteiger partial charge in [-0.3, -0.25) is 0 Å². The Balaban J connectivity index is 2.46. The first-order valence-electron chi connectivity index (χ1n) is 5.70. The topological polar surface area (TPSA) is 12.0 Å². The highest BCUT2D eigenvalue weighted by atomic mass is 32.2. The molecule has 0 amide bonds. The SMILES string of the molecule is CCCNC(C=C(C)C)C1CCSC1. The number of allylic oxidation sites excluding steroid dienone is 1. The molecule has 2 atom stereocenters. The van der Waals surface area contributed by atoms with Crippen molar-refractivity contribution in [3.8, 4) is 0 Å². The highest BCUT2D eigenvalue weighted by Gasteiger charge is 2.22. The van der Waals surface area contributed by atoms with Gasteiger partial charge in [0.2, 0.25) is 0 Å². The van der Waals surface area contributed by atoms with Crippen molar-refractivity contribution in [1.29, 1.82) is 0 Å². The van der Waals surface area contributed by atoms with Gasteiger partial charge in [0.25, 0.3) is 0 Å². The van der Waals surface area contributed by atoms with E-state index in [-0.39, 0.29) is 0 Å². The molecule has 82 valence electrons.